The second-order valence-electron chi connectivity index (χ2n) is 5.19. The molecule has 3 rings (SSSR count). The summed E-state index contributed by atoms with van der Waals surface area (Å²) in [5.74, 6) is 1.32. The molecule has 1 fully saturated rings. The molecule has 1 aliphatic rings. The Morgan fingerprint density at radius 3 is 3.17 bits per heavy atom. The maximum absolute atomic E-state index is 12.0. The van der Waals surface area contributed by atoms with Crippen molar-refractivity contribution in [3.63, 3.8) is 0 Å². The average Bonchev–Trinajstić information content (AvgIpc) is 3.24. The van der Waals surface area contributed by atoms with Gasteiger partial charge >= 0.3 is 0 Å². The number of anilines is 1. The van der Waals surface area contributed by atoms with Crippen LogP contribution in [-0.4, -0.2) is 40.6 Å². The van der Waals surface area contributed by atoms with Crippen LogP contribution >= 0.6 is 23.4 Å². The Balaban J connectivity index is 1.51. The highest BCUT2D eigenvalue weighted by Crippen LogP contribution is 2.28. The second kappa shape index (κ2) is 7.87. The third-order valence-corrected chi connectivity index (χ3v) is 4.63. The van der Waals surface area contributed by atoms with E-state index in [0.717, 1.165) is 25.3 Å². The van der Waals surface area contributed by atoms with E-state index in [4.69, 9.17) is 21.1 Å². The maximum Gasteiger partial charge on any atom is 0.234 e. The number of H-pyrrole nitrogens is 1. The van der Waals surface area contributed by atoms with Gasteiger partial charge in [0.2, 0.25) is 11.1 Å². The topological polar surface area (TPSA) is 89.1 Å². The van der Waals surface area contributed by atoms with E-state index < -0.39 is 0 Å². The van der Waals surface area contributed by atoms with Crippen LogP contribution in [0.5, 0.6) is 5.75 Å². The van der Waals surface area contributed by atoms with Crippen molar-refractivity contribution in [2.24, 2.45) is 0 Å². The van der Waals surface area contributed by atoms with Crippen LogP contribution < -0.4 is 10.1 Å². The van der Waals surface area contributed by atoms with Crippen molar-refractivity contribution >= 4 is 35.0 Å². The first-order chi connectivity index (χ1) is 11.7. The van der Waals surface area contributed by atoms with E-state index in [0.29, 0.717) is 21.6 Å². The fourth-order valence-electron chi connectivity index (χ4n) is 2.33. The van der Waals surface area contributed by atoms with Crippen LogP contribution in [0.2, 0.25) is 5.02 Å². The Morgan fingerprint density at radius 2 is 2.46 bits per heavy atom. The van der Waals surface area contributed by atoms with Gasteiger partial charge in [0, 0.05) is 12.3 Å². The number of nitrogens with one attached hydrogen (secondary N) is 2. The molecule has 1 saturated heterocycles. The minimum atomic E-state index is -0.162. The number of rotatable bonds is 6. The number of methoxy groups -OCH3 is 1. The molecule has 2 heterocycles. The number of hydrogen-bond acceptors (Lipinski definition) is 6. The summed E-state index contributed by atoms with van der Waals surface area (Å²) in [5, 5.41) is 10.7. The number of carbonyl (C=O) groups is 1. The van der Waals surface area contributed by atoms with Gasteiger partial charge < -0.3 is 14.8 Å². The quantitative estimate of drug-likeness (QED) is 0.762. The van der Waals surface area contributed by atoms with Crippen molar-refractivity contribution < 1.29 is 14.3 Å². The summed E-state index contributed by atoms with van der Waals surface area (Å²) < 4.78 is 10.6. The molecule has 9 heteroatoms. The van der Waals surface area contributed by atoms with Gasteiger partial charge in [0.05, 0.1) is 17.9 Å². The van der Waals surface area contributed by atoms with Crippen LogP contribution in [0.25, 0.3) is 0 Å². The molecule has 128 valence electrons. The zero-order valence-corrected chi connectivity index (χ0v) is 14.6. The van der Waals surface area contributed by atoms with Crippen LogP contribution in [0, 0.1) is 0 Å². The molecule has 0 aliphatic carbocycles. The van der Waals surface area contributed by atoms with E-state index >= 15 is 0 Å². The van der Waals surface area contributed by atoms with E-state index in [2.05, 4.69) is 20.5 Å². The number of benzene rings is 1. The first-order valence-electron chi connectivity index (χ1n) is 7.46. The van der Waals surface area contributed by atoms with Crippen LogP contribution in [0.4, 0.5) is 5.69 Å². The first kappa shape index (κ1) is 17.1. The van der Waals surface area contributed by atoms with E-state index in [1.165, 1.54) is 18.9 Å². The Morgan fingerprint density at radius 1 is 1.58 bits per heavy atom. The number of carbonyl (C=O) groups excluding carboxylic acids is 1. The molecular formula is C15H17ClN4O3S. The Labute approximate surface area is 148 Å². The lowest BCUT2D eigenvalue weighted by Crippen LogP contribution is -2.14. The van der Waals surface area contributed by atoms with Gasteiger partial charge in [-0.25, -0.2) is 4.98 Å². The highest BCUT2D eigenvalue weighted by molar-refractivity contribution is 7.99. The van der Waals surface area contributed by atoms with E-state index in [9.17, 15) is 4.79 Å². The number of aromatic amines is 1. The van der Waals surface area contributed by atoms with Crippen LogP contribution in [-0.2, 0) is 9.53 Å². The normalized spacial score (nSPS) is 17.0. The van der Waals surface area contributed by atoms with Crippen molar-refractivity contribution in [1.82, 2.24) is 15.2 Å². The predicted octanol–water partition coefficient (Wildman–Crippen LogP) is 3.05. The molecule has 0 spiro atoms. The van der Waals surface area contributed by atoms with Crippen LogP contribution in [0.1, 0.15) is 24.8 Å². The predicted molar refractivity (Wildman–Crippen MR) is 91.7 cm³/mol. The summed E-state index contributed by atoms with van der Waals surface area (Å²) in [6, 6.07) is 5.08. The lowest BCUT2D eigenvalue weighted by molar-refractivity contribution is -0.113. The number of amides is 1. The number of hydrogen-bond donors (Lipinski definition) is 2. The molecule has 7 nitrogen and oxygen atoms in total. The Bertz CT molecular complexity index is 718. The number of aromatic nitrogens is 3. The van der Waals surface area contributed by atoms with E-state index in [1.807, 2.05) is 0 Å². The molecule has 0 bridgehead atoms. The molecule has 1 aromatic carbocycles. The summed E-state index contributed by atoms with van der Waals surface area (Å²) in [5.41, 5.74) is 0.612. The Hall–Kier alpha value is -1.77. The SMILES string of the molecule is COc1ccc(NC(=O)CSc2n[nH]c([C@H]3CCCO3)n2)cc1Cl. The monoisotopic (exact) mass is 368 g/mol. The van der Waals surface area contributed by atoms with Gasteiger partial charge in [-0.2, -0.15) is 0 Å². The first-order valence-corrected chi connectivity index (χ1v) is 8.82. The van der Waals surface area contributed by atoms with Crippen LogP contribution in [0.3, 0.4) is 0 Å². The minimum Gasteiger partial charge on any atom is -0.495 e. The van der Waals surface area contributed by atoms with Crippen molar-refractivity contribution in [2.75, 3.05) is 24.8 Å². The van der Waals surface area contributed by atoms with Gasteiger partial charge in [-0.1, -0.05) is 23.4 Å². The number of nitrogens with zero attached hydrogens (tertiary/aromatic N) is 2. The van der Waals surface area contributed by atoms with E-state index in [1.54, 1.807) is 18.2 Å². The number of halogens is 1. The second-order valence-corrected chi connectivity index (χ2v) is 6.54. The van der Waals surface area contributed by atoms with Crippen molar-refractivity contribution in [2.45, 2.75) is 24.1 Å². The summed E-state index contributed by atoms with van der Waals surface area (Å²) >= 11 is 7.29. The fourth-order valence-corrected chi connectivity index (χ4v) is 3.19. The molecule has 1 aromatic heterocycles. The molecule has 1 atom stereocenters. The number of ether oxygens (including phenoxy) is 2. The molecule has 0 saturated carbocycles. The molecule has 0 radical (unpaired) electrons. The largest absolute Gasteiger partial charge is 0.495 e. The summed E-state index contributed by atoms with van der Waals surface area (Å²) in [7, 11) is 1.54. The molecular weight excluding hydrogens is 352 g/mol. The standard InChI is InChI=1S/C15H17ClN4O3S/c1-22-11-5-4-9(7-10(11)16)17-13(21)8-24-15-18-14(19-20-15)12-3-2-6-23-12/h4-5,7,12H,2-3,6,8H2,1H3,(H,17,21)(H,18,19,20)/t12-/m1/s1. The highest BCUT2D eigenvalue weighted by Gasteiger charge is 2.21. The molecule has 0 unspecified atom stereocenters. The minimum absolute atomic E-state index is 0.0119. The highest BCUT2D eigenvalue weighted by atomic mass is 35.5. The van der Waals surface area contributed by atoms with Gasteiger partial charge in [0.15, 0.2) is 5.82 Å². The summed E-state index contributed by atoms with van der Waals surface area (Å²) in [6.07, 6.45) is 1.96. The van der Waals surface area contributed by atoms with Gasteiger partial charge in [0.1, 0.15) is 11.9 Å². The van der Waals surface area contributed by atoms with Crippen molar-refractivity contribution in [3.05, 3.63) is 29.0 Å². The third-order valence-electron chi connectivity index (χ3n) is 3.48. The van der Waals surface area contributed by atoms with Gasteiger partial charge in [-0.05, 0) is 31.0 Å². The number of thioether (sulfide) groups is 1. The zero-order chi connectivity index (χ0) is 16.9. The van der Waals surface area contributed by atoms with Gasteiger partial charge in [-0.15, -0.1) is 5.10 Å². The Kier molecular flexibility index (Phi) is 5.60. The van der Waals surface area contributed by atoms with Gasteiger partial charge in [0.25, 0.3) is 0 Å². The third kappa shape index (κ3) is 4.19. The molecule has 1 aliphatic heterocycles. The summed E-state index contributed by atoms with van der Waals surface area (Å²) in [4.78, 5) is 16.4. The molecule has 24 heavy (non-hydrogen) atoms. The molecule has 1 amide bonds. The maximum atomic E-state index is 12.0. The molecule has 2 N–H and O–H groups in total. The molecule has 2 aromatic rings. The van der Waals surface area contributed by atoms with Crippen LogP contribution in [0.15, 0.2) is 23.4 Å². The summed E-state index contributed by atoms with van der Waals surface area (Å²) in [6.45, 7) is 0.751. The lowest BCUT2D eigenvalue weighted by atomic mass is 10.2. The van der Waals surface area contributed by atoms with E-state index in [-0.39, 0.29) is 17.8 Å². The lowest BCUT2D eigenvalue weighted by Gasteiger charge is -2.07. The van der Waals surface area contributed by atoms with Gasteiger partial charge in [-0.3, -0.25) is 9.89 Å². The smallest absolute Gasteiger partial charge is 0.234 e. The zero-order valence-electron chi connectivity index (χ0n) is 13.0. The average molecular weight is 369 g/mol. The van der Waals surface area contributed by atoms with Crippen molar-refractivity contribution in [3.8, 4) is 5.75 Å². The van der Waals surface area contributed by atoms with Crippen molar-refractivity contribution in [1.29, 1.82) is 0 Å². The fraction of sp³-hybridized carbons (Fsp3) is 0.400.